The fourth-order valence-corrected chi connectivity index (χ4v) is 2.27. The third-order valence-corrected chi connectivity index (χ3v) is 3.22. The Morgan fingerprint density at radius 3 is 2.75 bits per heavy atom. The van der Waals surface area contributed by atoms with Crippen molar-refractivity contribution in [1.29, 1.82) is 0 Å². The van der Waals surface area contributed by atoms with E-state index < -0.39 is 6.10 Å². The fraction of sp³-hybridized carbons (Fsp3) is 0.385. The summed E-state index contributed by atoms with van der Waals surface area (Å²) in [5, 5.41) is 11.2. The summed E-state index contributed by atoms with van der Waals surface area (Å²) in [6, 6.07) is 8.14. The maximum absolute atomic E-state index is 10.1. The molecular formula is C13H18N2O. The van der Waals surface area contributed by atoms with Crippen LogP contribution in [0, 0.1) is 6.92 Å². The summed E-state index contributed by atoms with van der Waals surface area (Å²) in [6.45, 7) is 2.54. The van der Waals surface area contributed by atoms with Crippen molar-refractivity contribution < 1.29 is 5.11 Å². The third-order valence-electron chi connectivity index (χ3n) is 3.22. The number of nitrogens with zero attached hydrogens (tertiary/aromatic N) is 1. The van der Waals surface area contributed by atoms with Gasteiger partial charge in [-0.1, -0.05) is 18.2 Å². The molecule has 3 heteroatoms. The van der Waals surface area contributed by atoms with Crippen LogP contribution in [-0.4, -0.2) is 16.2 Å². The summed E-state index contributed by atoms with van der Waals surface area (Å²) in [5.74, 6) is 0. The molecule has 0 aliphatic heterocycles. The lowest BCUT2D eigenvalue weighted by Gasteiger charge is -2.10. The first-order valence-corrected chi connectivity index (χ1v) is 5.59. The number of rotatable bonds is 3. The molecular weight excluding hydrogens is 200 g/mol. The molecule has 16 heavy (non-hydrogen) atoms. The zero-order valence-corrected chi connectivity index (χ0v) is 9.77. The number of hydrogen-bond acceptors (Lipinski definition) is 2. The van der Waals surface area contributed by atoms with Gasteiger partial charge in [-0.05, 0) is 26.0 Å². The molecule has 1 aromatic heterocycles. The predicted molar refractivity (Wildman–Crippen MR) is 66.3 cm³/mol. The van der Waals surface area contributed by atoms with Gasteiger partial charge in [0, 0.05) is 29.2 Å². The van der Waals surface area contributed by atoms with Gasteiger partial charge in [-0.2, -0.15) is 0 Å². The Bertz CT molecular complexity index is 502. The van der Waals surface area contributed by atoms with Crippen LogP contribution in [0.4, 0.5) is 0 Å². The topological polar surface area (TPSA) is 51.2 Å². The Labute approximate surface area is 95.5 Å². The first-order chi connectivity index (χ1) is 7.66. The molecule has 86 valence electrons. The average molecular weight is 218 g/mol. The smallest absolute Gasteiger partial charge is 0.0825 e. The van der Waals surface area contributed by atoms with E-state index >= 15 is 0 Å². The molecule has 0 saturated heterocycles. The molecule has 0 fully saturated rings. The summed E-state index contributed by atoms with van der Waals surface area (Å²) in [5.41, 5.74) is 8.79. The Hall–Kier alpha value is -1.32. The van der Waals surface area contributed by atoms with Gasteiger partial charge >= 0.3 is 0 Å². The van der Waals surface area contributed by atoms with Crippen LogP contribution in [0.2, 0.25) is 0 Å². The largest absolute Gasteiger partial charge is 0.388 e. The van der Waals surface area contributed by atoms with Gasteiger partial charge in [0.25, 0.3) is 0 Å². The lowest BCUT2D eigenvalue weighted by molar-refractivity contribution is 0.171. The SMILES string of the molecule is Cc1c([C@@H](O)CCN)c2ccccc2n1C. The van der Waals surface area contributed by atoms with Crippen LogP contribution >= 0.6 is 0 Å². The van der Waals surface area contributed by atoms with E-state index in [1.165, 1.54) is 0 Å². The molecule has 0 saturated carbocycles. The van der Waals surface area contributed by atoms with E-state index in [0.29, 0.717) is 13.0 Å². The van der Waals surface area contributed by atoms with Crippen molar-refractivity contribution in [3.8, 4) is 0 Å². The zero-order chi connectivity index (χ0) is 11.7. The Morgan fingerprint density at radius 2 is 2.06 bits per heavy atom. The lowest BCUT2D eigenvalue weighted by Crippen LogP contribution is -2.07. The molecule has 0 aliphatic carbocycles. The number of aromatic nitrogens is 1. The summed E-state index contributed by atoms with van der Waals surface area (Å²) >= 11 is 0. The van der Waals surface area contributed by atoms with Crippen molar-refractivity contribution in [2.24, 2.45) is 12.8 Å². The van der Waals surface area contributed by atoms with Crippen molar-refractivity contribution in [1.82, 2.24) is 4.57 Å². The van der Waals surface area contributed by atoms with E-state index in [1.807, 2.05) is 26.1 Å². The number of aliphatic hydroxyl groups excluding tert-OH is 1. The van der Waals surface area contributed by atoms with E-state index in [4.69, 9.17) is 5.73 Å². The Morgan fingerprint density at radius 1 is 1.38 bits per heavy atom. The second kappa shape index (κ2) is 4.28. The molecule has 1 aromatic carbocycles. The second-order valence-electron chi connectivity index (χ2n) is 4.17. The van der Waals surface area contributed by atoms with Crippen molar-refractivity contribution in [3.05, 3.63) is 35.5 Å². The molecule has 3 nitrogen and oxygen atoms in total. The highest BCUT2D eigenvalue weighted by molar-refractivity contribution is 5.85. The molecule has 0 bridgehead atoms. The van der Waals surface area contributed by atoms with Crippen molar-refractivity contribution in [3.63, 3.8) is 0 Å². The van der Waals surface area contributed by atoms with Gasteiger partial charge < -0.3 is 15.4 Å². The molecule has 2 rings (SSSR count). The van der Waals surface area contributed by atoms with Gasteiger partial charge in [-0.25, -0.2) is 0 Å². The number of benzene rings is 1. The van der Waals surface area contributed by atoms with E-state index in [-0.39, 0.29) is 0 Å². The number of hydrogen-bond donors (Lipinski definition) is 2. The third kappa shape index (κ3) is 1.62. The number of aliphatic hydroxyl groups is 1. The molecule has 0 radical (unpaired) electrons. The first-order valence-electron chi connectivity index (χ1n) is 5.59. The number of nitrogens with two attached hydrogens (primary N) is 1. The Kier molecular flexibility index (Phi) is 2.99. The van der Waals surface area contributed by atoms with Crippen LogP contribution in [0.1, 0.15) is 23.8 Å². The van der Waals surface area contributed by atoms with E-state index in [1.54, 1.807) is 0 Å². The zero-order valence-electron chi connectivity index (χ0n) is 9.77. The highest BCUT2D eigenvalue weighted by Crippen LogP contribution is 2.31. The molecule has 0 amide bonds. The van der Waals surface area contributed by atoms with Gasteiger partial charge in [0.1, 0.15) is 0 Å². The molecule has 1 atom stereocenters. The second-order valence-corrected chi connectivity index (χ2v) is 4.17. The lowest BCUT2D eigenvalue weighted by atomic mass is 10.0. The average Bonchev–Trinajstić information content (AvgIpc) is 2.53. The van der Waals surface area contributed by atoms with Crippen LogP contribution < -0.4 is 5.73 Å². The number of para-hydroxylation sites is 1. The standard InChI is InChI=1S/C13H18N2O/c1-9-13(12(16)7-8-14)10-5-3-4-6-11(10)15(9)2/h3-6,12,16H,7-8,14H2,1-2H3/t12-/m0/s1. The van der Waals surface area contributed by atoms with Crippen molar-refractivity contribution in [2.45, 2.75) is 19.4 Å². The summed E-state index contributed by atoms with van der Waals surface area (Å²) < 4.78 is 2.12. The predicted octanol–water partition coefficient (Wildman–Crippen LogP) is 1.87. The maximum Gasteiger partial charge on any atom is 0.0825 e. The van der Waals surface area contributed by atoms with Crippen molar-refractivity contribution >= 4 is 10.9 Å². The van der Waals surface area contributed by atoms with Crippen molar-refractivity contribution in [2.75, 3.05) is 6.54 Å². The number of fused-ring (bicyclic) bond motifs is 1. The monoisotopic (exact) mass is 218 g/mol. The molecule has 0 spiro atoms. The molecule has 1 heterocycles. The molecule has 3 N–H and O–H groups in total. The maximum atomic E-state index is 10.1. The summed E-state index contributed by atoms with van der Waals surface area (Å²) in [6.07, 6.45) is 0.144. The van der Waals surface area contributed by atoms with Gasteiger partial charge in [0.15, 0.2) is 0 Å². The summed E-state index contributed by atoms with van der Waals surface area (Å²) in [7, 11) is 2.02. The highest BCUT2D eigenvalue weighted by atomic mass is 16.3. The van der Waals surface area contributed by atoms with Crippen LogP contribution in [-0.2, 0) is 7.05 Å². The normalized spacial score (nSPS) is 13.2. The van der Waals surface area contributed by atoms with E-state index in [0.717, 1.165) is 22.2 Å². The fourth-order valence-electron chi connectivity index (χ4n) is 2.27. The Balaban J connectivity index is 2.64. The van der Waals surface area contributed by atoms with Gasteiger partial charge in [-0.15, -0.1) is 0 Å². The molecule has 2 aromatic rings. The minimum absolute atomic E-state index is 0.462. The number of aryl methyl sites for hydroxylation is 1. The van der Waals surface area contributed by atoms with Gasteiger partial charge in [0.2, 0.25) is 0 Å². The van der Waals surface area contributed by atoms with Gasteiger partial charge in [-0.3, -0.25) is 0 Å². The summed E-state index contributed by atoms with van der Waals surface area (Å²) in [4.78, 5) is 0. The van der Waals surface area contributed by atoms with Crippen LogP contribution in [0.3, 0.4) is 0 Å². The van der Waals surface area contributed by atoms with E-state index in [9.17, 15) is 5.11 Å². The van der Waals surface area contributed by atoms with Gasteiger partial charge in [0.05, 0.1) is 6.10 Å². The minimum atomic E-state index is -0.462. The molecule has 0 unspecified atom stereocenters. The molecule has 0 aliphatic rings. The van der Waals surface area contributed by atoms with Crippen LogP contribution in [0.25, 0.3) is 10.9 Å². The van der Waals surface area contributed by atoms with E-state index in [2.05, 4.69) is 16.7 Å². The first kappa shape index (κ1) is 11.2. The van der Waals surface area contributed by atoms with Crippen LogP contribution in [0.15, 0.2) is 24.3 Å². The quantitative estimate of drug-likeness (QED) is 0.826. The van der Waals surface area contributed by atoms with Crippen LogP contribution in [0.5, 0.6) is 0 Å². The minimum Gasteiger partial charge on any atom is -0.388 e. The highest BCUT2D eigenvalue weighted by Gasteiger charge is 2.17.